The van der Waals surface area contributed by atoms with Crippen molar-refractivity contribution in [2.24, 2.45) is 5.92 Å². The Kier molecular flexibility index (Phi) is 7.82. The lowest BCUT2D eigenvalue weighted by molar-refractivity contribution is 0.0950. The molecule has 2 heterocycles. The fraction of sp³-hybridized carbons (Fsp3) is 0.435. The molecule has 4 rings (SSSR count). The second-order valence-electron chi connectivity index (χ2n) is 8.49. The van der Waals surface area contributed by atoms with Gasteiger partial charge in [-0.05, 0) is 31.9 Å². The van der Waals surface area contributed by atoms with Crippen molar-refractivity contribution >= 4 is 27.6 Å². The summed E-state index contributed by atoms with van der Waals surface area (Å²) >= 11 is 5.87. The molecule has 3 aromatic rings. The fourth-order valence-electron chi connectivity index (χ4n) is 4.19. The minimum absolute atomic E-state index is 0.0584. The van der Waals surface area contributed by atoms with Crippen molar-refractivity contribution in [1.29, 1.82) is 5.26 Å². The van der Waals surface area contributed by atoms with Crippen molar-refractivity contribution in [3.05, 3.63) is 47.3 Å². The summed E-state index contributed by atoms with van der Waals surface area (Å²) in [4.78, 5) is 8.22. The van der Waals surface area contributed by atoms with Gasteiger partial charge < -0.3 is 14.2 Å². The first-order valence-electron chi connectivity index (χ1n) is 11.3. The van der Waals surface area contributed by atoms with Gasteiger partial charge >= 0.3 is 0 Å². The van der Waals surface area contributed by atoms with Crippen LogP contribution in [-0.2, 0) is 14.8 Å². The van der Waals surface area contributed by atoms with Gasteiger partial charge in [0.2, 0.25) is 16.0 Å². The quantitative estimate of drug-likeness (QED) is 0.400. The predicted molar refractivity (Wildman–Crippen MR) is 134 cm³/mol. The maximum absolute atomic E-state index is 13.5. The third-order valence-electron chi connectivity index (χ3n) is 6.30. The number of ether oxygens (including phenoxy) is 3. The number of aromatic nitrogens is 5. The van der Waals surface area contributed by atoms with Crippen molar-refractivity contribution in [1.82, 2.24) is 24.7 Å². The molecule has 0 radical (unpaired) electrons. The van der Waals surface area contributed by atoms with Gasteiger partial charge in [-0.1, -0.05) is 17.7 Å². The highest BCUT2D eigenvalue weighted by Gasteiger charge is 2.38. The van der Waals surface area contributed by atoms with Gasteiger partial charge in [0.05, 0.1) is 25.3 Å². The Morgan fingerprint density at radius 1 is 1.14 bits per heavy atom. The number of rotatable bonds is 10. The van der Waals surface area contributed by atoms with E-state index in [1.54, 1.807) is 22.8 Å². The van der Waals surface area contributed by atoms with Crippen molar-refractivity contribution < 1.29 is 22.6 Å². The number of nitrogens with zero attached hydrogens (tertiary/aromatic N) is 6. The molecule has 12 nitrogen and oxygen atoms in total. The molecule has 37 heavy (non-hydrogen) atoms. The van der Waals surface area contributed by atoms with Crippen LogP contribution < -0.4 is 14.2 Å². The van der Waals surface area contributed by atoms with Crippen molar-refractivity contribution in [3.63, 3.8) is 0 Å². The van der Waals surface area contributed by atoms with Crippen LogP contribution in [0.15, 0.2) is 30.6 Å². The highest BCUT2D eigenvalue weighted by molar-refractivity contribution is 7.93. The molecule has 1 saturated carbocycles. The van der Waals surface area contributed by atoms with Crippen LogP contribution in [-0.4, -0.2) is 59.7 Å². The van der Waals surface area contributed by atoms with E-state index >= 15 is 0 Å². The number of hydrogen-bond donors (Lipinski definition) is 1. The zero-order chi connectivity index (χ0) is 26.7. The Hall–Kier alpha value is -3.47. The molecule has 1 fully saturated rings. The lowest BCUT2D eigenvalue weighted by Crippen LogP contribution is -2.33. The van der Waals surface area contributed by atoms with Gasteiger partial charge in [0, 0.05) is 31.3 Å². The molecular formula is C23H26ClN7O5S. The molecule has 2 unspecified atom stereocenters. The van der Waals surface area contributed by atoms with Crippen molar-refractivity contribution in [2.75, 3.05) is 26.1 Å². The molecule has 1 aliphatic rings. The van der Waals surface area contributed by atoms with E-state index in [9.17, 15) is 13.7 Å². The normalized spacial score (nSPS) is 18.8. The minimum Gasteiger partial charge on any atom is -0.494 e. The third kappa shape index (κ3) is 5.18. The summed E-state index contributed by atoms with van der Waals surface area (Å²) in [5.41, 5.74) is 0.433. The molecular weight excluding hydrogens is 522 g/mol. The van der Waals surface area contributed by atoms with E-state index in [2.05, 4.69) is 31.0 Å². The van der Waals surface area contributed by atoms with Gasteiger partial charge in [-0.15, -0.1) is 10.2 Å². The Balaban J connectivity index is 1.76. The number of methoxy groups -OCH3 is 3. The molecule has 1 N–H and O–H groups in total. The van der Waals surface area contributed by atoms with E-state index in [-0.39, 0.29) is 23.6 Å². The van der Waals surface area contributed by atoms with Crippen molar-refractivity contribution in [2.45, 2.75) is 37.0 Å². The highest BCUT2D eigenvalue weighted by Crippen LogP contribution is 2.44. The first-order chi connectivity index (χ1) is 17.7. The van der Waals surface area contributed by atoms with Crippen molar-refractivity contribution in [3.8, 4) is 23.3 Å². The standard InChI is InChI=1S/C23H26ClN7O5S/c1-13(20(36-4)21-26-11-16(24)12-27-21)37(32,33)30-23-29-28-22(15-8-14(9-15)10-25)31(23)19-17(34-2)6-5-7-18(19)35-3/h5-7,11-15,20H,8-9H2,1-4H3,(H,29,30). The number of halogens is 1. The van der Waals surface area contributed by atoms with Gasteiger partial charge in [0.15, 0.2) is 5.82 Å². The Morgan fingerprint density at radius 2 is 1.76 bits per heavy atom. The number of para-hydroxylation sites is 1. The molecule has 0 bridgehead atoms. The molecule has 1 aromatic carbocycles. The van der Waals surface area contributed by atoms with E-state index in [0.717, 1.165) is 0 Å². The molecule has 0 aliphatic heterocycles. The van der Waals surface area contributed by atoms with E-state index in [0.29, 0.717) is 40.9 Å². The summed E-state index contributed by atoms with van der Waals surface area (Å²) in [5.74, 6) is 1.24. The third-order valence-corrected chi connectivity index (χ3v) is 8.19. The zero-order valence-corrected chi connectivity index (χ0v) is 22.2. The summed E-state index contributed by atoms with van der Waals surface area (Å²) in [6, 6.07) is 7.45. The number of nitriles is 1. The van der Waals surface area contributed by atoms with E-state index < -0.39 is 21.4 Å². The van der Waals surface area contributed by atoms with Crippen LogP contribution >= 0.6 is 11.6 Å². The molecule has 196 valence electrons. The van der Waals surface area contributed by atoms with E-state index in [1.165, 1.54) is 40.6 Å². The van der Waals surface area contributed by atoms with Crippen LogP contribution in [0.3, 0.4) is 0 Å². The van der Waals surface area contributed by atoms with Crippen LogP contribution in [0.2, 0.25) is 5.02 Å². The van der Waals surface area contributed by atoms with Crippen LogP contribution in [0.5, 0.6) is 11.5 Å². The van der Waals surface area contributed by atoms with Gasteiger partial charge in [0.25, 0.3) is 0 Å². The number of sulfonamides is 1. The topological polar surface area (TPSA) is 154 Å². The summed E-state index contributed by atoms with van der Waals surface area (Å²) in [5, 5.41) is 16.9. The first-order valence-corrected chi connectivity index (χ1v) is 13.2. The van der Waals surface area contributed by atoms with E-state index in [4.69, 9.17) is 25.8 Å². The lowest BCUT2D eigenvalue weighted by atomic mass is 9.75. The van der Waals surface area contributed by atoms with E-state index in [1.807, 2.05) is 0 Å². The van der Waals surface area contributed by atoms with Crippen LogP contribution in [0.1, 0.15) is 43.4 Å². The fourth-order valence-corrected chi connectivity index (χ4v) is 5.42. The highest BCUT2D eigenvalue weighted by atomic mass is 35.5. The second kappa shape index (κ2) is 10.9. The van der Waals surface area contributed by atoms with Gasteiger partial charge in [-0.25, -0.2) is 18.4 Å². The average molecular weight is 548 g/mol. The molecule has 14 heteroatoms. The first kappa shape index (κ1) is 26.6. The maximum Gasteiger partial charge on any atom is 0.243 e. The predicted octanol–water partition coefficient (Wildman–Crippen LogP) is 3.26. The minimum atomic E-state index is -4.11. The zero-order valence-electron chi connectivity index (χ0n) is 20.6. The van der Waals surface area contributed by atoms with Gasteiger partial charge in [-0.2, -0.15) is 5.26 Å². The number of nitrogens with one attached hydrogen (secondary N) is 1. The molecule has 0 spiro atoms. The molecule has 0 saturated heterocycles. The molecule has 1 aliphatic carbocycles. The summed E-state index contributed by atoms with van der Waals surface area (Å²) in [6.07, 6.45) is 2.90. The Morgan fingerprint density at radius 3 is 2.30 bits per heavy atom. The average Bonchev–Trinajstić information content (AvgIpc) is 3.25. The lowest BCUT2D eigenvalue weighted by Gasteiger charge is -2.30. The largest absolute Gasteiger partial charge is 0.494 e. The molecule has 2 atom stereocenters. The maximum atomic E-state index is 13.5. The number of benzene rings is 1. The smallest absolute Gasteiger partial charge is 0.243 e. The van der Waals surface area contributed by atoms with Gasteiger partial charge in [0.1, 0.15) is 34.4 Å². The number of hydrogen-bond acceptors (Lipinski definition) is 10. The molecule has 0 amide bonds. The van der Waals surface area contributed by atoms with Crippen LogP contribution in [0, 0.1) is 17.2 Å². The summed E-state index contributed by atoms with van der Waals surface area (Å²) in [6.45, 7) is 1.48. The monoisotopic (exact) mass is 547 g/mol. The van der Waals surface area contributed by atoms with Crippen LogP contribution in [0.25, 0.3) is 5.69 Å². The SMILES string of the molecule is COc1cccc(OC)c1-n1c(NS(=O)(=O)C(C)C(OC)c2ncc(Cl)cn2)nnc1C1CC(C#N)C1. The summed E-state index contributed by atoms with van der Waals surface area (Å²) < 4.78 is 47.8. The Bertz CT molecular complexity index is 1380. The Labute approximate surface area is 219 Å². The summed E-state index contributed by atoms with van der Waals surface area (Å²) in [7, 11) is 0.255. The van der Waals surface area contributed by atoms with Crippen LogP contribution in [0.4, 0.5) is 5.95 Å². The second-order valence-corrected chi connectivity index (χ2v) is 11.0. The molecule has 2 aromatic heterocycles. The number of anilines is 1. The van der Waals surface area contributed by atoms with Gasteiger partial charge in [-0.3, -0.25) is 9.29 Å².